The maximum atomic E-state index is 5.00. The first-order chi connectivity index (χ1) is 7.36. The lowest BCUT2D eigenvalue weighted by molar-refractivity contribution is 0.194. The Morgan fingerprint density at radius 1 is 1.33 bits per heavy atom. The number of rotatable bonds is 7. The van der Waals surface area contributed by atoms with Gasteiger partial charge in [0.1, 0.15) is 0 Å². The molecule has 0 unspecified atom stereocenters. The van der Waals surface area contributed by atoms with E-state index in [0.717, 1.165) is 26.0 Å². The molecule has 15 heavy (non-hydrogen) atoms. The van der Waals surface area contributed by atoms with Gasteiger partial charge in [-0.3, -0.25) is 0 Å². The molecule has 0 fully saturated rings. The average Bonchev–Trinajstić information content (AvgIpc) is 2.29. The Kier molecular flexibility index (Phi) is 6.28. The van der Waals surface area contributed by atoms with Gasteiger partial charge in [-0.1, -0.05) is 6.07 Å². The molecule has 84 valence electrons. The highest BCUT2D eigenvalue weighted by atomic mass is 32.2. The lowest BCUT2D eigenvalue weighted by Crippen LogP contribution is -2.02. The zero-order valence-corrected chi connectivity index (χ0v) is 10.3. The summed E-state index contributed by atoms with van der Waals surface area (Å²) < 4.78 is 5.00. The van der Waals surface area contributed by atoms with Crippen LogP contribution in [-0.4, -0.2) is 26.5 Å². The van der Waals surface area contributed by atoms with Crippen LogP contribution < -0.4 is 5.32 Å². The minimum Gasteiger partial charge on any atom is -0.385 e. The molecule has 0 saturated heterocycles. The van der Waals surface area contributed by atoms with Gasteiger partial charge in [-0.05, 0) is 37.3 Å². The first-order valence-electron chi connectivity index (χ1n) is 5.23. The van der Waals surface area contributed by atoms with Gasteiger partial charge in [-0.15, -0.1) is 11.8 Å². The minimum atomic E-state index is 0.854. The van der Waals surface area contributed by atoms with Crippen molar-refractivity contribution in [3.05, 3.63) is 24.3 Å². The third-order valence-corrected chi connectivity index (χ3v) is 2.90. The van der Waals surface area contributed by atoms with Crippen molar-refractivity contribution in [2.75, 3.05) is 31.8 Å². The fourth-order valence-corrected chi connectivity index (χ4v) is 1.80. The third kappa shape index (κ3) is 5.09. The van der Waals surface area contributed by atoms with Crippen molar-refractivity contribution in [2.24, 2.45) is 0 Å². The number of benzene rings is 1. The topological polar surface area (TPSA) is 21.3 Å². The molecule has 0 aliphatic rings. The van der Waals surface area contributed by atoms with Crippen molar-refractivity contribution >= 4 is 17.4 Å². The molecule has 0 spiro atoms. The summed E-state index contributed by atoms with van der Waals surface area (Å²) in [5.41, 5.74) is 1.21. The SMILES string of the molecule is COCCCCNc1cccc(SC)c1. The van der Waals surface area contributed by atoms with E-state index in [9.17, 15) is 0 Å². The van der Waals surface area contributed by atoms with Gasteiger partial charge in [0.15, 0.2) is 0 Å². The van der Waals surface area contributed by atoms with Crippen molar-refractivity contribution < 1.29 is 4.74 Å². The molecule has 1 aromatic carbocycles. The van der Waals surface area contributed by atoms with Crippen LogP contribution >= 0.6 is 11.8 Å². The van der Waals surface area contributed by atoms with E-state index in [4.69, 9.17) is 4.74 Å². The smallest absolute Gasteiger partial charge is 0.0462 e. The molecular weight excluding hydrogens is 206 g/mol. The zero-order chi connectivity index (χ0) is 10.9. The van der Waals surface area contributed by atoms with Crippen molar-refractivity contribution in [3.63, 3.8) is 0 Å². The number of hydrogen-bond acceptors (Lipinski definition) is 3. The van der Waals surface area contributed by atoms with E-state index in [1.807, 2.05) is 0 Å². The third-order valence-electron chi connectivity index (χ3n) is 2.17. The number of thioether (sulfide) groups is 1. The van der Waals surface area contributed by atoms with Gasteiger partial charge in [0.2, 0.25) is 0 Å². The number of hydrogen-bond donors (Lipinski definition) is 1. The van der Waals surface area contributed by atoms with Crippen LogP contribution in [0, 0.1) is 0 Å². The molecule has 1 rings (SSSR count). The van der Waals surface area contributed by atoms with Crippen molar-refractivity contribution in [2.45, 2.75) is 17.7 Å². The maximum absolute atomic E-state index is 5.00. The van der Waals surface area contributed by atoms with E-state index in [2.05, 4.69) is 35.8 Å². The summed E-state index contributed by atoms with van der Waals surface area (Å²) >= 11 is 1.77. The van der Waals surface area contributed by atoms with Crippen LogP contribution in [0.2, 0.25) is 0 Å². The average molecular weight is 225 g/mol. The van der Waals surface area contributed by atoms with Crippen molar-refractivity contribution in [1.29, 1.82) is 0 Å². The first-order valence-corrected chi connectivity index (χ1v) is 6.46. The first kappa shape index (κ1) is 12.4. The number of methoxy groups -OCH3 is 1. The fraction of sp³-hybridized carbons (Fsp3) is 0.500. The zero-order valence-electron chi connectivity index (χ0n) is 9.45. The predicted molar refractivity (Wildman–Crippen MR) is 67.8 cm³/mol. The standard InChI is InChI=1S/C12H19NOS/c1-14-9-4-3-8-13-11-6-5-7-12(10-11)15-2/h5-7,10,13H,3-4,8-9H2,1-2H3. The van der Waals surface area contributed by atoms with Crippen LogP contribution in [0.4, 0.5) is 5.69 Å². The summed E-state index contributed by atoms with van der Waals surface area (Å²) in [4.78, 5) is 1.30. The van der Waals surface area contributed by atoms with Crippen molar-refractivity contribution in [1.82, 2.24) is 0 Å². The van der Waals surface area contributed by atoms with Gasteiger partial charge in [0, 0.05) is 30.8 Å². The summed E-state index contributed by atoms with van der Waals surface area (Å²) in [6, 6.07) is 8.50. The fourth-order valence-electron chi connectivity index (χ4n) is 1.34. The van der Waals surface area contributed by atoms with Crippen LogP contribution in [0.5, 0.6) is 0 Å². The second-order valence-electron chi connectivity index (χ2n) is 3.36. The second kappa shape index (κ2) is 7.60. The molecule has 0 radical (unpaired) electrons. The van der Waals surface area contributed by atoms with Gasteiger partial charge in [-0.25, -0.2) is 0 Å². The van der Waals surface area contributed by atoms with Crippen LogP contribution in [-0.2, 0) is 4.74 Å². The molecule has 0 aliphatic carbocycles. The van der Waals surface area contributed by atoms with E-state index in [1.54, 1.807) is 18.9 Å². The van der Waals surface area contributed by atoms with Crippen LogP contribution in [0.25, 0.3) is 0 Å². The van der Waals surface area contributed by atoms with E-state index in [1.165, 1.54) is 10.6 Å². The highest BCUT2D eigenvalue weighted by Crippen LogP contribution is 2.18. The lowest BCUT2D eigenvalue weighted by atomic mass is 10.3. The van der Waals surface area contributed by atoms with Gasteiger partial charge in [0.25, 0.3) is 0 Å². The normalized spacial score (nSPS) is 10.3. The van der Waals surface area contributed by atoms with Gasteiger partial charge < -0.3 is 10.1 Å². The molecule has 0 atom stereocenters. The van der Waals surface area contributed by atoms with Gasteiger partial charge >= 0.3 is 0 Å². The van der Waals surface area contributed by atoms with E-state index >= 15 is 0 Å². The monoisotopic (exact) mass is 225 g/mol. The quantitative estimate of drug-likeness (QED) is 0.568. The summed E-state index contributed by atoms with van der Waals surface area (Å²) in [5, 5.41) is 3.41. The summed E-state index contributed by atoms with van der Waals surface area (Å²) in [7, 11) is 1.75. The van der Waals surface area contributed by atoms with Crippen LogP contribution in [0.15, 0.2) is 29.2 Å². The molecule has 0 aromatic heterocycles. The number of unbranched alkanes of at least 4 members (excludes halogenated alkanes) is 1. The Morgan fingerprint density at radius 3 is 2.93 bits per heavy atom. The molecule has 0 aliphatic heterocycles. The maximum Gasteiger partial charge on any atom is 0.0462 e. The molecule has 2 nitrogen and oxygen atoms in total. The molecule has 3 heteroatoms. The van der Waals surface area contributed by atoms with E-state index in [0.29, 0.717) is 0 Å². The molecule has 0 amide bonds. The van der Waals surface area contributed by atoms with Gasteiger partial charge in [-0.2, -0.15) is 0 Å². The highest BCUT2D eigenvalue weighted by Gasteiger charge is 1.94. The Labute approximate surface area is 96.4 Å². The largest absolute Gasteiger partial charge is 0.385 e. The molecule has 0 bridgehead atoms. The summed E-state index contributed by atoms with van der Waals surface area (Å²) in [6.45, 7) is 1.87. The molecule has 0 heterocycles. The van der Waals surface area contributed by atoms with Crippen LogP contribution in [0.1, 0.15) is 12.8 Å². The van der Waals surface area contributed by atoms with Crippen molar-refractivity contribution in [3.8, 4) is 0 Å². The second-order valence-corrected chi connectivity index (χ2v) is 4.24. The number of ether oxygens (including phenoxy) is 1. The number of anilines is 1. The Hall–Kier alpha value is -0.670. The lowest BCUT2D eigenvalue weighted by Gasteiger charge is -2.07. The minimum absolute atomic E-state index is 0.854. The Balaban J connectivity index is 2.24. The molecular formula is C12H19NOS. The highest BCUT2D eigenvalue weighted by molar-refractivity contribution is 7.98. The van der Waals surface area contributed by atoms with Gasteiger partial charge in [0.05, 0.1) is 0 Å². The van der Waals surface area contributed by atoms with E-state index in [-0.39, 0.29) is 0 Å². The molecule has 1 aromatic rings. The number of nitrogens with one attached hydrogen (secondary N) is 1. The van der Waals surface area contributed by atoms with E-state index < -0.39 is 0 Å². The molecule has 1 N–H and O–H groups in total. The summed E-state index contributed by atoms with van der Waals surface area (Å²) in [6.07, 6.45) is 4.36. The Morgan fingerprint density at radius 2 is 2.20 bits per heavy atom. The molecule has 0 saturated carbocycles. The Bertz CT molecular complexity index is 278. The summed E-state index contributed by atoms with van der Waals surface area (Å²) in [5.74, 6) is 0. The van der Waals surface area contributed by atoms with Crippen LogP contribution in [0.3, 0.4) is 0 Å². The predicted octanol–water partition coefficient (Wildman–Crippen LogP) is 3.25.